The molecule has 4 rings (SSSR count). The molecule has 0 heterocycles. The van der Waals surface area contributed by atoms with Crippen LogP contribution in [0.25, 0.3) is 12.2 Å². The molecular formula is C42H44O9. The number of hydrogen-bond donors (Lipinski definition) is 0. The molecule has 0 amide bonds. The van der Waals surface area contributed by atoms with Gasteiger partial charge in [-0.1, -0.05) is 37.4 Å². The lowest BCUT2D eigenvalue weighted by molar-refractivity contribution is -0.138. The maximum Gasteiger partial charge on any atom is 0.336 e. The Morgan fingerprint density at radius 2 is 1.12 bits per heavy atom. The summed E-state index contributed by atoms with van der Waals surface area (Å²) in [4.78, 5) is 35.9. The minimum atomic E-state index is -0.551. The van der Waals surface area contributed by atoms with Gasteiger partial charge >= 0.3 is 17.9 Å². The summed E-state index contributed by atoms with van der Waals surface area (Å²) in [5.41, 5.74) is 3.60. The molecule has 3 aromatic rings. The summed E-state index contributed by atoms with van der Waals surface area (Å²) >= 11 is 0. The zero-order valence-corrected chi connectivity index (χ0v) is 29.0. The summed E-state index contributed by atoms with van der Waals surface area (Å²) in [6.07, 6.45) is 14.3. The number of carbonyl (C=O) groups excluding carboxylic acids is 3. The van der Waals surface area contributed by atoms with Crippen molar-refractivity contribution in [3.63, 3.8) is 0 Å². The molecule has 0 unspecified atom stereocenters. The van der Waals surface area contributed by atoms with Crippen LogP contribution in [0.1, 0.15) is 55.2 Å². The number of unbranched alkanes of at least 4 members (excludes halogenated alkanes) is 2. The van der Waals surface area contributed by atoms with Gasteiger partial charge in [0.25, 0.3) is 0 Å². The van der Waals surface area contributed by atoms with E-state index in [4.69, 9.17) is 28.4 Å². The van der Waals surface area contributed by atoms with Gasteiger partial charge in [-0.2, -0.15) is 0 Å². The lowest BCUT2D eigenvalue weighted by Gasteiger charge is -2.08. The lowest BCUT2D eigenvalue weighted by Crippen LogP contribution is -2.06. The molecule has 0 saturated heterocycles. The van der Waals surface area contributed by atoms with Crippen LogP contribution in [0.2, 0.25) is 0 Å². The Morgan fingerprint density at radius 3 is 1.63 bits per heavy atom. The summed E-state index contributed by atoms with van der Waals surface area (Å²) in [5, 5.41) is 0. The van der Waals surface area contributed by atoms with E-state index in [2.05, 4.69) is 13.2 Å². The Hall–Kier alpha value is -5.83. The van der Waals surface area contributed by atoms with Gasteiger partial charge in [0.05, 0.1) is 26.4 Å². The quantitative estimate of drug-likeness (QED) is 0.0357. The van der Waals surface area contributed by atoms with E-state index in [1.165, 1.54) is 17.7 Å². The first-order chi connectivity index (χ1) is 24.8. The van der Waals surface area contributed by atoms with Gasteiger partial charge in [0.1, 0.15) is 28.8 Å². The molecule has 0 aromatic heterocycles. The fourth-order valence-electron chi connectivity index (χ4n) is 4.59. The summed E-state index contributed by atoms with van der Waals surface area (Å²) in [7, 11) is 0. The van der Waals surface area contributed by atoms with Gasteiger partial charge in [-0.25, -0.2) is 14.4 Å². The second-order valence-electron chi connectivity index (χ2n) is 11.6. The first-order valence-corrected chi connectivity index (χ1v) is 17.0. The summed E-state index contributed by atoms with van der Waals surface area (Å²) in [6.45, 7) is 11.0. The van der Waals surface area contributed by atoms with E-state index < -0.39 is 17.9 Å². The number of esters is 3. The molecule has 1 aliphatic rings. The van der Waals surface area contributed by atoms with Crippen molar-refractivity contribution >= 4 is 30.1 Å². The summed E-state index contributed by atoms with van der Waals surface area (Å²) in [6, 6.07) is 19.5. The highest BCUT2D eigenvalue weighted by Crippen LogP contribution is 2.32. The Balaban J connectivity index is 1.13. The van der Waals surface area contributed by atoms with E-state index in [1.807, 2.05) is 36.4 Å². The number of rotatable bonds is 21. The van der Waals surface area contributed by atoms with Gasteiger partial charge in [0, 0.05) is 18.2 Å². The van der Waals surface area contributed by atoms with Gasteiger partial charge in [-0.3, -0.25) is 0 Å². The SMILES string of the molecule is C=CC(=O)OCCCCOc1ccc(/C=C/C(=O)Oc2ccc(OC(=O)/C=C/c3ccc(OCCCCOC(C=C)=C4CC4)cc3)c(C)c2)cc1. The molecule has 0 aliphatic heterocycles. The van der Waals surface area contributed by atoms with Crippen LogP contribution in [0, 0.1) is 6.92 Å². The second-order valence-corrected chi connectivity index (χ2v) is 11.6. The van der Waals surface area contributed by atoms with Crippen molar-refractivity contribution < 1.29 is 42.8 Å². The molecule has 0 N–H and O–H groups in total. The fraction of sp³-hybridized carbons (Fsp3) is 0.262. The van der Waals surface area contributed by atoms with Gasteiger partial charge in [0.15, 0.2) is 0 Å². The monoisotopic (exact) mass is 692 g/mol. The minimum Gasteiger partial charge on any atom is -0.494 e. The molecule has 9 heteroatoms. The van der Waals surface area contributed by atoms with Crippen molar-refractivity contribution in [2.45, 2.75) is 45.4 Å². The third-order valence-electron chi connectivity index (χ3n) is 7.48. The molecule has 3 aromatic carbocycles. The lowest BCUT2D eigenvalue weighted by atomic mass is 10.2. The van der Waals surface area contributed by atoms with Crippen LogP contribution in [0.5, 0.6) is 23.0 Å². The minimum absolute atomic E-state index is 0.323. The standard InChI is InChI=1S/C42H44O9/c1-4-38(34-16-17-34)48-28-8-6-26-46-35-20-12-33(13-21-35)15-25-42(45)51-39-23-22-37(30-31(39)3)50-41(44)24-14-32-10-18-36(19-11-32)47-27-7-9-29-49-40(43)5-2/h4-5,10-15,18-25,30H,1-2,6-9,16-17,26-29H2,3H3/b24-14+,25-15+. The summed E-state index contributed by atoms with van der Waals surface area (Å²) in [5.74, 6) is 1.55. The number of hydrogen-bond acceptors (Lipinski definition) is 9. The van der Waals surface area contributed by atoms with Crippen LogP contribution in [0.3, 0.4) is 0 Å². The van der Waals surface area contributed by atoms with Crippen LogP contribution >= 0.6 is 0 Å². The average Bonchev–Trinajstić information content (AvgIpc) is 3.99. The zero-order valence-electron chi connectivity index (χ0n) is 29.0. The van der Waals surface area contributed by atoms with Crippen LogP contribution < -0.4 is 18.9 Å². The number of allylic oxidation sites excluding steroid dienone is 2. The van der Waals surface area contributed by atoms with Crippen LogP contribution in [0.15, 0.2) is 116 Å². The van der Waals surface area contributed by atoms with Crippen LogP contribution in [-0.4, -0.2) is 44.3 Å². The maximum atomic E-state index is 12.5. The summed E-state index contributed by atoms with van der Waals surface area (Å²) < 4.78 is 33.1. The molecule has 0 spiro atoms. The highest BCUT2D eigenvalue weighted by Gasteiger charge is 2.16. The Labute approximate surface area is 299 Å². The van der Waals surface area contributed by atoms with E-state index >= 15 is 0 Å². The normalized spacial score (nSPS) is 11.9. The topological polar surface area (TPSA) is 107 Å². The first-order valence-electron chi connectivity index (χ1n) is 17.0. The van der Waals surface area contributed by atoms with Crippen molar-refractivity contribution in [2.24, 2.45) is 0 Å². The molecule has 0 bridgehead atoms. The molecule has 0 atom stereocenters. The maximum absolute atomic E-state index is 12.5. The van der Waals surface area contributed by atoms with E-state index in [9.17, 15) is 14.4 Å². The third-order valence-corrected chi connectivity index (χ3v) is 7.48. The van der Waals surface area contributed by atoms with Crippen molar-refractivity contribution in [1.29, 1.82) is 0 Å². The van der Waals surface area contributed by atoms with Crippen LogP contribution in [0.4, 0.5) is 0 Å². The van der Waals surface area contributed by atoms with E-state index in [1.54, 1.807) is 55.5 Å². The van der Waals surface area contributed by atoms with Crippen LogP contribution in [-0.2, 0) is 23.9 Å². The Kier molecular flexibility index (Phi) is 15.4. The number of benzene rings is 3. The highest BCUT2D eigenvalue weighted by atomic mass is 16.5. The molecule has 1 fully saturated rings. The van der Waals surface area contributed by atoms with Crippen molar-refractivity contribution in [3.05, 3.63) is 132 Å². The molecule has 9 nitrogen and oxygen atoms in total. The van der Waals surface area contributed by atoms with E-state index in [-0.39, 0.29) is 0 Å². The highest BCUT2D eigenvalue weighted by molar-refractivity contribution is 5.90. The zero-order chi connectivity index (χ0) is 36.3. The van der Waals surface area contributed by atoms with Gasteiger partial charge in [-0.05, 0) is 128 Å². The number of ether oxygens (including phenoxy) is 6. The van der Waals surface area contributed by atoms with Gasteiger partial charge in [0.2, 0.25) is 0 Å². The van der Waals surface area contributed by atoms with E-state index in [0.29, 0.717) is 55.7 Å². The number of aryl methyl sites for hydroxylation is 1. The molecular weight excluding hydrogens is 648 g/mol. The first kappa shape index (κ1) is 38.0. The molecule has 0 radical (unpaired) electrons. The molecule has 1 saturated carbocycles. The van der Waals surface area contributed by atoms with Gasteiger partial charge < -0.3 is 28.4 Å². The van der Waals surface area contributed by atoms with Crippen molar-refractivity contribution in [3.8, 4) is 23.0 Å². The molecule has 1 aliphatic carbocycles. The number of carbonyl (C=O) groups is 3. The third kappa shape index (κ3) is 14.3. The predicted octanol–water partition coefficient (Wildman–Crippen LogP) is 8.53. The molecule has 51 heavy (non-hydrogen) atoms. The fourth-order valence-corrected chi connectivity index (χ4v) is 4.59. The van der Waals surface area contributed by atoms with Crippen molar-refractivity contribution in [2.75, 3.05) is 26.4 Å². The van der Waals surface area contributed by atoms with E-state index in [0.717, 1.165) is 60.8 Å². The average molecular weight is 693 g/mol. The predicted molar refractivity (Wildman–Crippen MR) is 196 cm³/mol. The smallest absolute Gasteiger partial charge is 0.336 e. The van der Waals surface area contributed by atoms with Crippen molar-refractivity contribution in [1.82, 2.24) is 0 Å². The largest absolute Gasteiger partial charge is 0.494 e. The Morgan fingerprint density at radius 1 is 0.608 bits per heavy atom. The Bertz CT molecular complexity index is 1720. The second kappa shape index (κ2) is 20.6. The van der Waals surface area contributed by atoms with Gasteiger partial charge in [-0.15, -0.1) is 0 Å². The molecule has 266 valence electrons.